The molecule has 0 unspecified atom stereocenters. The molecule has 0 aliphatic rings. The maximum Gasteiger partial charge on any atom is 0.119 e. The first-order valence-corrected chi connectivity index (χ1v) is 8.18. The van der Waals surface area contributed by atoms with Gasteiger partial charge in [0.2, 0.25) is 0 Å². The number of nitrogens with one attached hydrogen (secondary N) is 2. The molecule has 2 N–H and O–H groups in total. The number of hydrogen-bond acceptors (Lipinski definition) is 3. The van der Waals surface area contributed by atoms with Crippen molar-refractivity contribution in [3.8, 4) is 17.0 Å². The third-order valence-corrected chi connectivity index (χ3v) is 3.82. The average Bonchev–Trinajstić information content (AvgIpc) is 2.89. The normalized spacial score (nSPS) is 10.9. The van der Waals surface area contributed by atoms with Gasteiger partial charge in [0.05, 0.1) is 12.3 Å². The summed E-state index contributed by atoms with van der Waals surface area (Å²) < 4.78 is 5.79. The van der Waals surface area contributed by atoms with E-state index in [1.807, 2.05) is 19.2 Å². The van der Waals surface area contributed by atoms with Crippen molar-refractivity contribution in [3.05, 3.63) is 35.5 Å². The first-order valence-electron chi connectivity index (χ1n) is 8.18. The number of rotatable bonds is 9. The number of benzene rings is 1. The Kier molecular flexibility index (Phi) is 6.46. The summed E-state index contributed by atoms with van der Waals surface area (Å²) in [6.07, 6.45) is 4.91. The van der Waals surface area contributed by atoms with E-state index in [4.69, 9.17) is 4.74 Å². The van der Waals surface area contributed by atoms with Crippen molar-refractivity contribution in [2.75, 3.05) is 13.7 Å². The number of unbranched alkanes of at least 4 members (excludes halogenated alkanes) is 3. The molecule has 22 heavy (non-hydrogen) atoms. The van der Waals surface area contributed by atoms with E-state index in [1.54, 1.807) is 0 Å². The quantitative estimate of drug-likeness (QED) is 0.687. The standard InChI is InChI=1S/C18H27N3O/c1-4-5-6-7-12-22-16-10-8-15(9-11-16)18-17(13-19-3)14(2)20-21-18/h8-11,19H,4-7,12-13H2,1-3H3,(H,20,21). The van der Waals surface area contributed by atoms with Gasteiger partial charge < -0.3 is 10.1 Å². The van der Waals surface area contributed by atoms with Gasteiger partial charge in [-0.3, -0.25) is 5.10 Å². The molecule has 0 aliphatic carbocycles. The minimum absolute atomic E-state index is 0.797. The van der Waals surface area contributed by atoms with Gasteiger partial charge in [0.25, 0.3) is 0 Å². The fourth-order valence-electron chi connectivity index (χ4n) is 2.51. The highest BCUT2D eigenvalue weighted by Gasteiger charge is 2.11. The van der Waals surface area contributed by atoms with E-state index in [1.165, 1.54) is 24.8 Å². The molecule has 1 aromatic carbocycles. The highest BCUT2D eigenvalue weighted by molar-refractivity contribution is 5.64. The monoisotopic (exact) mass is 301 g/mol. The molecule has 2 rings (SSSR count). The lowest BCUT2D eigenvalue weighted by molar-refractivity contribution is 0.305. The van der Waals surface area contributed by atoms with Crippen LogP contribution in [0.3, 0.4) is 0 Å². The molecule has 1 aromatic heterocycles. The molecular formula is C18H27N3O. The number of hydrogen-bond donors (Lipinski definition) is 2. The number of ether oxygens (including phenoxy) is 1. The Balaban J connectivity index is 1.97. The lowest BCUT2D eigenvalue weighted by Crippen LogP contribution is -2.06. The fraction of sp³-hybridized carbons (Fsp3) is 0.500. The van der Waals surface area contributed by atoms with Crippen molar-refractivity contribution in [3.63, 3.8) is 0 Å². The SMILES string of the molecule is CCCCCCOc1ccc(-c2n[nH]c(C)c2CNC)cc1. The van der Waals surface area contributed by atoms with Crippen LogP contribution in [0.5, 0.6) is 5.75 Å². The molecular weight excluding hydrogens is 274 g/mol. The van der Waals surface area contributed by atoms with Gasteiger partial charge in [0, 0.05) is 23.4 Å². The van der Waals surface area contributed by atoms with Crippen LogP contribution < -0.4 is 10.1 Å². The van der Waals surface area contributed by atoms with E-state index in [0.29, 0.717) is 0 Å². The van der Waals surface area contributed by atoms with Crippen LogP contribution in [0.4, 0.5) is 0 Å². The summed E-state index contributed by atoms with van der Waals surface area (Å²) in [5.41, 5.74) is 4.46. The Labute approximate surface area is 133 Å². The van der Waals surface area contributed by atoms with Crippen molar-refractivity contribution in [1.29, 1.82) is 0 Å². The Hall–Kier alpha value is -1.81. The van der Waals surface area contributed by atoms with E-state index in [0.717, 1.165) is 42.3 Å². The summed E-state index contributed by atoms with van der Waals surface area (Å²) in [5.74, 6) is 0.933. The molecule has 120 valence electrons. The first kappa shape index (κ1) is 16.6. The maximum absolute atomic E-state index is 5.79. The molecule has 0 amide bonds. The van der Waals surface area contributed by atoms with Gasteiger partial charge >= 0.3 is 0 Å². The topological polar surface area (TPSA) is 49.9 Å². The van der Waals surface area contributed by atoms with E-state index >= 15 is 0 Å². The number of nitrogens with zero attached hydrogens (tertiary/aromatic N) is 1. The zero-order valence-corrected chi connectivity index (χ0v) is 13.9. The molecule has 4 heteroatoms. The second kappa shape index (κ2) is 8.59. The smallest absolute Gasteiger partial charge is 0.119 e. The minimum Gasteiger partial charge on any atom is -0.494 e. The fourth-order valence-corrected chi connectivity index (χ4v) is 2.51. The summed E-state index contributed by atoms with van der Waals surface area (Å²) >= 11 is 0. The molecule has 0 saturated carbocycles. The van der Waals surface area contributed by atoms with Gasteiger partial charge in [0.1, 0.15) is 5.75 Å². The van der Waals surface area contributed by atoms with Crippen LogP contribution >= 0.6 is 0 Å². The van der Waals surface area contributed by atoms with Crippen molar-refractivity contribution in [2.45, 2.75) is 46.1 Å². The minimum atomic E-state index is 0.797. The Bertz CT molecular complexity index is 560. The van der Waals surface area contributed by atoms with Gasteiger partial charge in [-0.15, -0.1) is 0 Å². The summed E-state index contributed by atoms with van der Waals surface area (Å²) in [6.45, 7) is 5.88. The summed E-state index contributed by atoms with van der Waals surface area (Å²) in [7, 11) is 1.95. The molecule has 0 bridgehead atoms. The number of aryl methyl sites for hydroxylation is 1. The van der Waals surface area contributed by atoms with Crippen LogP contribution in [-0.4, -0.2) is 23.9 Å². The number of H-pyrrole nitrogens is 1. The van der Waals surface area contributed by atoms with E-state index in [-0.39, 0.29) is 0 Å². The van der Waals surface area contributed by atoms with E-state index in [9.17, 15) is 0 Å². The Morgan fingerprint density at radius 1 is 1.14 bits per heavy atom. The molecule has 4 nitrogen and oxygen atoms in total. The van der Waals surface area contributed by atoms with Crippen molar-refractivity contribution in [2.24, 2.45) is 0 Å². The van der Waals surface area contributed by atoms with Crippen LogP contribution in [0.15, 0.2) is 24.3 Å². The Morgan fingerprint density at radius 3 is 2.59 bits per heavy atom. The molecule has 0 aliphatic heterocycles. The largest absolute Gasteiger partial charge is 0.494 e. The van der Waals surface area contributed by atoms with Crippen LogP contribution in [0, 0.1) is 6.92 Å². The molecule has 0 atom stereocenters. The van der Waals surface area contributed by atoms with Crippen molar-refractivity contribution >= 4 is 0 Å². The molecule has 2 aromatic rings. The second-order valence-electron chi connectivity index (χ2n) is 5.64. The Morgan fingerprint density at radius 2 is 1.91 bits per heavy atom. The van der Waals surface area contributed by atoms with Gasteiger partial charge in [-0.2, -0.15) is 5.10 Å². The van der Waals surface area contributed by atoms with Crippen molar-refractivity contribution < 1.29 is 4.74 Å². The van der Waals surface area contributed by atoms with Gasteiger partial charge in [-0.05, 0) is 44.7 Å². The first-order chi connectivity index (χ1) is 10.8. The number of aromatic amines is 1. The molecule has 1 heterocycles. The number of aromatic nitrogens is 2. The third-order valence-electron chi connectivity index (χ3n) is 3.82. The third kappa shape index (κ3) is 4.34. The average molecular weight is 301 g/mol. The van der Waals surface area contributed by atoms with Crippen molar-refractivity contribution in [1.82, 2.24) is 15.5 Å². The van der Waals surface area contributed by atoms with Gasteiger partial charge in [-0.25, -0.2) is 0 Å². The predicted octanol–water partition coefficient (Wildman–Crippen LogP) is 4.06. The molecule has 0 radical (unpaired) electrons. The highest BCUT2D eigenvalue weighted by Crippen LogP contribution is 2.25. The molecule has 0 fully saturated rings. The lowest BCUT2D eigenvalue weighted by atomic mass is 10.1. The lowest BCUT2D eigenvalue weighted by Gasteiger charge is -2.07. The van der Waals surface area contributed by atoms with Crippen LogP contribution in [-0.2, 0) is 6.54 Å². The van der Waals surface area contributed by atoms with Gasteiger partial charge in [-0.1, -0.05) is 26.2 Å². The van der Waals surface area contributed by atoms with E-state index < -0.39 is 0 Å². The van der Waals surface area contributed by atoms with Gasteiger partial charge in [0.15, 0.2) is 0 Å². The summed E-state index contributed by atoms with van der Waals surface area (Å²) in [4.78, 5) is 0. The second-order valence-corrected chi connectivity index (χ2v) is 5.64. The van der Waals surface area contributed by atoms with Crippen LogP contribution in [0.2, 0.25) is 0 Å². The maximum atomic E-state index is 5.79. The highest BCUT2D eigenvalue weighted by atomic mass is 16.5. The van der Waals surface area contributed by atoms with E-state index in [2.05, 4.69) is 41.5 Å². The molecule has 0 saturated heterocycles. The molecule has 0 spiro atoms. The predicted molar refractivity (Wildman–Crippen MR) is 91.2 cm³/mol. The van der Waals surface area contributed by atoms with Crippen LogP contribution in [0.25, 0.3) is 11.3 Å². The summed E-state index contributed by atoms with van der Waals surface area (Å²) in [5, 5.41) is 10.7. The zero-order valence-electron chi connectivity index (χ0n) is 13.9. The zero-order chi connectivity index (χ0) is 15.8. The van der Waals surface area contributed by atoms with Crippen LogP contribution in [0.1, 0.15) is 43.9 Å². The summed E-state index contributed by atoms with van der Waals surface area (Å²) in [6, 6.07) is 8.22.